The Kier molecular flexibility index (Phi) is 6.41. The average Bonchev–Trinajstić information content (AvgIpc) is 3.01. The maximum absolute atomic E-state index is 12.4. The summed E-state index contributed by atoms with van der Waals surface area (Å²) in [7, 11) is 0. The maximum atomic E-state index is 12.4. The van der Waals surface area contributed by atoms with E-state index in [-0.39, 0.29) is 12.0 Å². The fourth-order valence-electron chi connectivity index (χ4n) is 2.46. The van der Waals surface area contributed by atoms with Gasteiger partial charge in [-0.1, -0.05) is 25.1 Å². The summed E-state index contributed by atoms with van der Waals surface area (Å²) in [6.45, 7) is 4.10. The zero-order valence-electron chi connectivity index (χ0n) is 12.7. The molecule has 0 unspecified atom stereocenters. The van der Waals surface area contributed by atoms with Gasteiger partial charge in [-0.2, -0.15) is 0 Å². The number of amides is 1. The van der Waals surface area contributed by atoms with Crippen molar-refractivity contribution in [2.45, 2.75) is 45.3 Å². The number of nitrogens with zero attached hydrogens (tertiary/aromatic N) is 2. The van der Waals surface area contributed by atoms with Crippen LogP contribution in [0.4, 0.5) is 0 Å². The Morgan fingerprint density at radius 1 is 1.48 bits per heavy atom. The number of carbonyl (C=O) groups is 1. The zero-order chi connectivity index (χ0) is 14.9. The number of aromatic nitrogens is 1. The molecule has 0 radical (unpaired) electrons. The Bertz CT molecular complexity index is 453. The topological polar surface area (TPSA) is 42.4 Å². The summed E-state index contributed by atoms with van der Waals surface area (Å²) in [6.07, 6.45) is 9.45. The first-order valence-corrected chi connectivity index (χ1v) is 7.74. The minimum absolute atomic E-state index is 0.140. The number of hydrogen-bond donors (Lipinski definition) is 0. The minimum atomic E-state index is 0.140. The molecule has 0 aliphatic carbocycles. The molecule has 1 aliphatic heterocycles. The van der Waals surface area contributed by atoms with Crippen molar-refractivity contribution >= 4 is 5.91 Å². The van der Waals surface area contributed by atoms with E-state index in [9.17, 15) is 4.79 Å². The van der Waals surface area contributed by atoms with Crippen LogP contribution >= 0.6 is 0 Å². The highest BCUT2D eigenvalue weighted by Crippen LogP contribution is 2.15. The Hall–Kier alpha value is -1.68. The van der Waals surface area contributed by atoms with Gasteiger partial charge in [0.15, 0.2) is 0 Å². The Morgan fingerprint density at radius 3 is 3.05 bits per heavy atom. The molecule has 0 bridgehead atoms. The molecule has 1 aliphatic rings. The molecule has 1 aromatic rings. The first kappa shape index (κ1) is 15.7. The van der Waals surface area contributed by atoms with Crippen LogP contribution in [0.5, 0.6) is 0 Å². The SMILES string of the molecule is CC/C=C/CC(=O)N(Cc1ccccn1)C[C@H]1CCCO1. The van der Waals surface area contributed by atoms with E-state index in [1.807, 2.05) is 35.3 Å². The molecule has 4 heteroatoms. The standard InChI is InChI=1S/C17H24N2O2/c1-2-3-4-10-17(20)19(14-16-9-7-12-21-16)13-15-8-5-6-11-18-15/h3-6,8,11,16H,2,7,9-10,12-14H2,1H3/b4-3+/t16-/m1/s1. The van der Waals surface area contributed by atoms with E-state index < -0.39 is 0 Å². The molecule has 114 valence electrons. The summed E-state index contributed by atoms with van der Waals surface area (Å²) in [4.78, 5) is 18.6. The Labute approximate surface area is 126 Å². The molecule has 0 saturated carbocycles. The molecule has 1 amide bonds. The Balaban J connectivity index is 1.98. The van der Waals surface area contributed by atoms with Crippen molar-refractivity contribution < 1.29 is 9.53 Å². The quantitative estimate of drug-likeness (QED) is 0.724. The van der Waals surface area contributed by atoms with E-state index in [0.717, 1.165) is 31.6 Å². The molecule has 21 heavy (non-hydrogen) atoms. The highest BCUT2D eigenvalue weighted by Gasteiger charge is 2.22. The second-order valence-electron chi connectivity index (χ2n) is 5.31. The second kappa shape index (κ2) is 8.57. The fraction of sp³-hybridized carbons (Fsp3) is 0.529. The van der Waals surface area contributed by atoms with Gasteiger partial charge < -0.3 is 9.64 Å². The average molecular weight is 288 g/mol. The lowest BCUT2D eigenvalue weighted by Gasteiger charge is -2.25. The van der Waals surface area contributed by atoms with Crippen molar-refractivity contribution in [3.05, 3.63) is 42.2 Å². The second-order valence-corrected chi connectivity index (χ2v) is 5.31. The molecule has 0 aromatic carbocycles. The van der Waals surface area contributed by atoms with Gasteiger partial charge in [0.05, 0.1) is 18.3 Å². The van der Waals surface area contributed by atoms with Crippen LogP contribution in [0.3, 0.4) is 0 Å². The molecule has 1 aromatic heterocycles. The summed E-state index contributed by atoms with van der Waals surface area (Å²) >= 11 is 0. The summed E-state index contributed by atoms with van der Waals surface area (Å²) < 4.78 is 5.66. The van der Waals surface area contributed by atoms with Crippen molar-refractivity contribution in [2.24, 2.45) is 0 Å². The largest absolute Gasteiger partial charge is 0.376 e. The third kappa shape index (κ3) is 5.31. The third-order valence-electron chi connectivity index (χ3n) is 3.57. The smallest absolute Gasteiger partial charge is 0.226 e. The van der Waals surface area contributed by atoms with Crippen molar-refractivity contribution in [3.8, 4) is 0 Å². The number of hydrogen-bond acceptors (Lipinski definition) is 3. The molecule has 1 saturated heterocycles. The van der Waals surface area contributed by atoms with Crippen molar-refractivity contribution in [3.63, 3.8) is 0 Å². The van der Waals surface area contributed by atoms with Crippen LogP contribution in [0.1, 0.15) is 38.3 Å². The molecule has 2 rings (SSSR count). The van der Waals surface area contributed by atoms with Gasteiger partial charge in [0.25, 0.3) is 0 Å². The van der Waals surface area contributed by atoms with Gasteiger partial charge in [0.1, 0.15) is 0 Å². The molecule has 1 fully saturated rings. The van der Waals surface area contributed by atoms with Gasteiger partial charge in [-0.15, -0.1) is 0 Å². The predicted molar refractivity (Wildman–Crippen MR) is 82.7 cm³/mol. The minimum Gasteiger partial charge on any atom is -0.376 e. The predicted octanol–water partition coefficient (Wildman–Crippen LogP) is 2.95. The lowest BCUT2D eigenvalue weighted by atomic mass is 10.2. The van der Waals surface area contributed by atoms with E-state index in [4.69, 9.17) is 4.74 Å². The molecule has 2 heterocycles. The first-order chi connectivity index (χ1) is 10.3. The van der Waals surface area contributed by atoms with Crippen LogP contribution in [0, 0.1) is 0 Å². The first-order valence-electron chi connectivity index (χ1n) is 7.74. The molecule has 4 nitrogen and oxygen atoms in total. The zero-order valence-corrected chi connectivity index (χ0v) is 12.7. The van der Waals surface area contributed by atoms with Crippen LogP contribution in [-0.2, 0) is 16.1 Å². The van der Waals surface area contributed by atoms with Gasteiger partial charge in [-0.3, -0.25) is 9.78 Å². The number of ether oxygens (including phenoxy) is 1. The number of pyridine rings is 1. The normalized spacial score (nSPS) is 18.2. The number of allylic oxidation sites excluding steroid dienone is 1. The molecule has 1 atom stereocenters. The van der Waals surface area contributed by atoms with Gasteiger partial charge in [-0.25, -0.2) is 0 Å². The van der Waals surface area contributed by atoms with Crippen LogP contribution in [0.25, 0.3) is 0 Å². The monoisotopic (exact) mass is 288 g/mol. The summed E-state index contributed by atoms with van der Waals surface area (Å²) in [5.41, 5.74) is 0.920. The van der Waals surface area contributed by atoms with Crippen LogP contribution in [0.15, 0.2) is 36.5 Å². The number of carbonyl (C=O) groups excluding carboxylic acids is 1. The van der Waals surface area contributed by atoms with Gasteiger partial charge in [0.2, 0.25) is 5.91 Å². The number of rotatable bonds is 7. The van der Waals surface area contributed by atoms with Crippen molar-refractivity contribution in [2.75, 3.05) is 13.2 Å². The van der Waals surface area contributed by atoms with E-state index in [0.29, 0.717) is 19.5 Å². The van der Waals surface area contributed by atoms with E-state index >= 15 is 0 Å². The van der Waals surface area contributed by atoms with Gasteiger partial charge in [0, 0.05) is 25.8 Å². The summed E-state index contributed by atoms with van der Waals surface area (Å²) in [5.74, 6) is 0.140. The highest BCUT2D eigenvalue weighted by atomic mass is 16.5. The third-order valence-corrected chi connectivity index (χ3v) is 3.57. The van der Waals surface area contributed by atoms with Crippen LogP contribution in [-0.4, -0.2) is 35.0 Å². The maximum Gasteiger partial charge on any atom is 0.226 e. The van der Waals surface area contributed by atoms with Crippen LogP contribution < -0.4 is 0 Å². The molecular formula is C17H24N2O2. The summed E-state index contributed by atoms with van der Waals surface area (Å²) in [5, 5.41) is 0. The lowest BCUT2D eigenvalue weighted by molar-refractivity contribution is -0.132. The van der Waals surface area contributed by atoms with E-state index in [1.165, 1.54) is 0 Å². The molecular weight excluding hydrogens is 264 g/mol. The van der Waals surface area contributed by atoms with Crippen molar-refractivity contribution in [1.82, 2.24) is 9.88 Å². The Morgan fingerprint density at radius 2 is 2.38 bits per heavy atom. The van der Waals surface area contributed by atoms with Crippen LogP contribution in [0.2, 0.25) is 0 Å². The van der Waals surface area contributed by atoms with E-state index in [2.05, 4.69) is 11.9 Å². The highest BCUT2D eigenvalue weighted by molar-refractivity contribution is 5.77. The molecule has 0 N–H and O–H groups in total. The van der Waals surface area contributed by atoms with Crippen molar-refractivity contribution in [1.29, 1.82) is 0 Å². The molecule has 0 spiro atoms. The lowest BCUT2D eigenvalue weighted by Crippen LogP contribution is -2.36. The van der Waals surface area contributed by atoms with Gasteiger partial charge in [-0.05, 0) is 31.4 Å². The van der Waals surface area contributed by atoms with E-state index in [1.54, 1.807) is 6.20 Å². The fourth-order valence-corrected chi connectivity index (χ4v) is 2.46. The summed E-state index contributed by atoms with van der Waals surface area (Å²) in [6, 6.07) is 5.80. The van der Waals surface area contributed by atoms with Gasteiger partial charge >= 0.3 is 0 Å².